The van der Waals surface area contributed by atoms with Gasteiger partial charge in [-0.1, -0.05) is 6.07 Å². The fourth-order valence-corrected chi connectivity index (χ4v) is 9.02. The number of benzene rings is 3. The lowest BCUT2D eigenvalue weighted by Crippen LogP contribution is -2.57. The van der Waals surface area contributed by atoms with Gasteiger partial charge in [0.2, 0.25) is 0 Å². The minimum atomic E-state index is -4.90. The Morgan fingerprint density at radius 1 is 1.00 bits per heavy atom. The molecule has 3 aromatic carbocycles. The van der Waals surface area contributed by atoms with Crippen molar-refractivity contribution in [2.45, 2.75) is 61.2 Å². The molecule has 0 bridgehead atoms. The van der Waals surface area contributed by atoms with Gasteiger partial charge in [-0.05, 0) is 99.6 Å². The number of fused-ring (bicyclic) bond motifs is 1. The van der Waals surface area contributed by atoms with Gasteiger partial charge in [0.15, 0.2) is 4.90 Å². The van der Waals surface area contributed by atoms with E-state index in [0.717, 1.165) is 40.8 Å². The molecule has 52 heavy (non-hydrogen) atoms. The van der Waals surface area contributed by atoms with E-state index < -0.39 is 43.8 Å². The van der Waals surface area contributed by atoms with Gasteiger partial charge in [-0.25, -0.2) is 31.5 Å². The summed E-state index contributed by atoms with van der Waals surface area (Å²) in [5.41, 5.74) is 0.941. The van der Waals surface area contributed by atoms with Gasteiger partial charge in [-0.15, -0.1) is 0 Å². The summed E-state index contributed by atoms with van der Waals surface area (Å²) in [4.78, 5) is 10.6. The summed E-state index contributed by atoms with van der Waals surface area (Å²) >= 11 is 0. The summed E-state index contributed by atoms with van der Waals surface area (Å²) in [6.07, 6.45) is 1.29. The molecule has 0 saturated carbocycles. The van der Waals surface area contributed by atoms with Gasteiger partial charge in [-0.3, -0.25) is 0 Å². The Morgan fingerprint density at radius 2 is 1.75 bits per heavy atom. The first-order valence-electron chi connectivity index (χ1n) is 16.8. The predicted molar refractivity (Wildman–Crippen MR) is 186 cm³/mol. The lowest BCUT2D eigenvalue weighted by atomic mass is 9.77. The molecular weight excluding hydrogens is 705 g/mol. The highest BCUT2D eigenvalue weighted by Gasteiger charge is 2.43. The van der Waals surface area contributed by atoms with Gasteiger partial charge in [0.25, 0.3) is 10.0 Å². The molecule has 2 aliphatic rings. The molecule has 1 aliphatic heterocycles. The SMILES string of the molecule is COc1ccc(CN(c2ccncn2)S(=O)(=O)c2c(F)cc(N3CCCC(CC4CCc5ccc(C(F)(F)F)cc54)(N(C)C)C3)cc2F)c(OC)c1. The maximum atomic E-state index is 16.2. The normalized spacial score (nSPS) is 19.1. The van der Waals surface area contributed by atoms with Gasteiger partial charge in [-0.2, -0.15) is 13.2 Å². The number of hydrogen-bond donors (Lipinski definition) is 0. The maximum absolute atomic E-state index is 16.2. The van der Waals surface area contributed by atoms with Crippen molar-refractivity contribution in [3.8, 4) is 11.5 Å². The molecule has 0 amide bonds. The number of halogens is 5. The molecule has 278 valence electrons. The molecule has 2 atom stereocenters. The van der Waals surface area contributed by atoms with E-state index in [9.17, 15) is 21.6 Å². The molecule has 1 fully saturated rings. The zero-order valence-electron chi connectivity index (χ0n) is 29.3. The summed E-state index contributed by atoms with van der Waals surface area (Å²) in [6.45, 7) is 0.407. The minimum Gasteiger partial charge on any atom is -0.497 e. The second kappa shape index (κ2) is 14.5. The third kappa shape index (κ3) is 7.25. The van der Waals surface area contributed by atoms with Gasteiger partial charge in [0.05, 0.1) is 26.3 Å². The monoisotopic (exact) mass is 745 g/mol. The number of alkyl halides is 3. The quantitative estimate of drug-likeness (QED) is 0.149. The first-order valence-corrected chi connectivity index (χ1v) is 18.2. The first kappa shape index (κ1) is 37.3. The summed E-state index contributed by atoms with van der Waals surface area (Å²) in [6, 6.07) is 12.1. The Morgan fingerprint density at radius 3 is 2.38 bits per heavy atom. The van der Waals surface area contributed by atoms with Crippen LogP contribution < -0.4 is 18.7 Å². The van der Waals surface area contributed by atoms with E-state index in [1.165, 1.54) is 32.5 Å². The van der Waals surface area contributed by atoms with Crippen molar-refractivity contribution in [2.24, 2.45) is 0 Å². The Hall–Kier alpha value is -4.50. The summed E-state index contributed by atoms with van der Waals surface area (Å²) in [5, 5.41) is 0. The highest BCUT2D eigenvalue weighted by molar-refractivity contribution is 7.92. The van der Waals surface area contributed by atoms with Crippen molar-refractivity contribution in [1.82, 2.24) is 14.9 Å². The minimum absolute atomic E-state index is 0.113. The number of methoxy groups -OCH3 is 2. The van der Waals surface area contributed by atoms with Crippen molar-refractivity contribution in [3.05, 3.63) is 101 Å². The first-order chi connectivity index (χ1) is 24.7. The van der Waals surface area contributed by atoms with Gasteiger partial charge < -0.3 is 19.3 Å². The molecule has 6 rings (SSSR count). The number of anilines is 2. The van der Waals surface area contributed by atoms with E-state index in [1.54, 1.807) is 24.3 Å². The number of likely N-dealkylation sites (N-methyl/N-ethyl adjacent to an activating group) is 1. The van der Waals surface area contributed by atoms with Crippen LogP contribution in [0.4, 0.5) is 33.5 Å². The van der Waals surface area contributed by atoms with Crippen molar-refractivity contribution in [2.75, 3.05) is 50.6 Å². The highest BCUT2D eigenvalue weighted by atomic mass is 32.2. The van der Waals surface area contributed by atoms with Crippen LogP contribution in [0.15, 0.2) is 72.0 Å². The highest BCUT2D eigenvalue weighted by Crippen LogP contribution is 2.45. The molecule has 9 nitrogen and oxygen atoms in total. The fourth-order valence-electron chi connectivity index (χ4n) is 7.53. The maximum Gasteiger partial charge on any atom is 0.416 e. The molecule has 2 unspecified atom stereocenters. The van der Waals surface area contributed by atoms with Crippen LogP contribution in [0.5, 0.6) is 11.5 Å². The Bertz CT molecular complexity index is 2010. The summed E-state index contributed by atoms with van der Waals surface area (Å²) < 4.78 is 113. The average molecular weight is 746 g/mol. The second-order valence-corrected chi connectivity index (χ2v) is 15.3. The van der Waals surface area contributed by atoms with Crippen LogP contribution in [0.2, 0.25) is 0 Å². The third-order valence-electron chi connectivity index (χ3n) is 10.3. The van der Waals surface area contributed by atoms with Crippen molar-refractivity contribution >= 4 is 21.5 Å². The molecule has 0 spiro atoms. The Balaban J connectivity index is 1.31. The van der Waals surface area contributed by atoms with Gasteiger partial charge in [0.1, 0.15) is 35.3 Å². The van der Waals surface area contributed by atoms with Crippen LogP contribution in [0.25, 0.3) is 0 Å². The van der Waals surface area contributed by atoms with E-state index in [1.807, 2.05) is 23.9 Å². The van der Waals surface area contributed by atoms with Gasteiger partial charge >= 0.3 is 6.18 Å². The summed E-state index contributed by atoms with van der Waals surface area (Å²) in [7, 11) is 1.79. The van der Waals surface area contributed by atoms with Crippen molar-refractivity contribution in [3.63, 3.8) is 0 Å². The predicted octanol–water partition coefficient (Wildman–Crippen LogP) is 7.21. The molecule has 2 heterocycles. The lowest BCUT2D eigenvalue weighted by Gasteiger charge is -2.49. The fraction of sp³-hybridized carbons (Fsp3) is 0.405. The molecule has 15 heteroatoms. The second-order valence-electron chi connectivity index (χ2n) is 13.5. The number of rotatable bonds is 11. The van der Waals surface area contributed by atoms with Crippen LogP contribution in [0, 0.1) is 11.6 Å². The number of aryl methyl sites for hydroxylation is 1. The van der Waals surface area contributed by atoms with Crippen LogP contribution >= 0.6 is 0 Å². The third-order valence-corrected chi connectivity index (χ3v) is 12.1. The van der Waals surface area contributed by atoms with Crippen molar-refractivity contribution in [1.29, 1.82) is 0 Å². The van der Waals surface area contributed by atoms with Crippen LogP contribution in [0.1, 0.15) is 53.9 Å². The molecule has 4 aromatic rings. The van der Waals surface area contributed by atoms with E-state index in [0.29, 0.717) is 61.4 Å². The van der Waals surface area contributed by atoms with Crippen LogP contribution in [-0.2, 0) is 29.2 Å². The number of nitrogens with zero attached hydrogens (tertiary/aromatic N) is 5. The Labute approximate surface area is 300 Å². The number of piperidine rings is 1. The van der Waals surface area contributed by atoms with E-state index >= 15 is 8.78 Å². The van der Waals surface area contributed by atoms with E-state index in [4.69, 9.17) is 9.47 Å². The zero-order chi connectivity index (χ0) is 37.4. The average Bonchev–Trinajstić information content (AvgIpc) is 3.51. The van der Waals surface area contributed by atoms with Crippen LogP contribution in [0.3, 0.4) is 0 Å². The Kier molecular flexibility index (Phi) is 10.4. The molecule has 0 radical (unpaired) electrons. The topological polar surface area (TPSA) is 88.1 Å². The summed E-state index contributed by atoms with van der Waals surface area (Å²) in [5.74, 6) is -2.04. The van der Waals surface area contributed by atoms with E-state index in [2.05, 4.69) is 9.97 Å². The molecule has 1 saturated heterocycles. The number of hydrogen-bond acceptors (Lipinski definition) is 8. The number of aromatic nitrogens is 2. The molecular formula is C37H40F5N5O4S. The van der Waals surface area contributed by atoms with E-state index in [-0.39, 0.29) is 24.0 Å². The molecule has 1 aliphatic carbocycles. The molecule has 0 N–H and O–H groups in total. The van der Waals surface area contributed by atoms with Crippen LogP contribution in [-0.4, -0.2) is 70.2 Å². The smallest absolute Gasteiger partial charge is 0.416 e. The van der Waals surface area contributed by atoms with Gasteiger partial charge in [0, 0.05) is 48.2 Å². The number of sulfonamides is 1. The largest absolute Gasteiger partial charge is 0.497 e. The van der Waals surface area contributed by atoms with Crippen molar-refractivity contribution < 1.29 is 39.8 Å². The molecule has 1 aromatic heterocycles. The standard InChI is InChI=1S/C37H40F5N5O4S/c1-45(2)36(20-25-7-6-24-8-10-27(16-30(24)25)37(40,41)42)13-5-15-46(22-36)28-17-31(38)35(32(39)18-28)52(48,49)47(34-12-14-43-23-44-34)21-26-9-11-29(50-3)19-33(26)51-4/h8-12,14,16-19,23,25H,5-7,13,15,20-22H2,1-4H3. The lowest BCUT2D eigenvalue weighted by molar-refractivity contribution is -0.137. The number of ether oxygens (including phenoxy) is 2. The zero-order valence-corrected chi connectivity index (χ0v) is 30.1.